The summed E-state index contributed by atoms with van der Waals surface area (Å²) in [4.78, 5) is 15.5. The average molecular weight is 506 g/mol. The number of hydrogen-bond acceptors (Lipinski definition) is 3. The van der Waals surface area contributed by atoms with E-state index in [1.54, 1.807) is 16.8 Å². The number of amides is 1. The number of rotatable bonds is 8. The van der Waals surface area contributed by atoms with Crippen LogP contribution in [0.15, 0.2) is 78.9 Å². The van der Waals surface area contributed by atoms with Crippen molar-refractivity contribution in [1.29, 1.82) is 0 Å². The number of halogens is 2. The first-order chi connectivity index (χ1) is 17.0. The molecule has 1 aliphatic carbocycles. The van der Waals surface area contributed by atoms with Crippen LogP contribution in [0.2, 0.25) is 10.0 Å². The molecule has 5 nitrogen and oxygen atoms in total. The zero-order valence-corrected chi connectivity index (χ0v) is 20.8. The third kappa shape index (κ3) is 5.37. The maximum atomic E-state index is 13.6. The van der Waals surface area contributed by atoms with Gasteiger partial charge in [-0.3, -0.25) is 4.79 Å². The maximum Gasteiger partial charge on any atom is 0.255 e. The average Bonchev–Trinajstić information content (AvgIpc) is 3.63. The van der Waals surface area contributed by atoms with E-state index in [2.05, 4.69) is 0 Å². The van der Waals surface area contributed by atoms with E-state index in [0.717, 1.165) is 29.8 Å². The van der Waals surface area contributed by atoms with Gasteiger partial charge >= 0.3 is 0 Å². The molecule has 1 heterocycles. The van der Waals surface area contributed by atoms with Gasteiger partial charge in [-0.2, -0.15) is 5.10 Å². The Balaban J connectivity index is 1.56. The SMILES string of the molecule is Cc1nn(-c2cccc(Cl)c2)c(Oc2ccccc2)c1CN(CC1CC1)C(=O)c1ccccc1Cl. The predicted molar refractivity (Wildman–Crippen MR) is 139 cm³/mol. The van der Waals surface area contributed by atoms with Crippen LogP contribution in [0, 0.1) is 12.8 Å². The summed E-state index contributed by atoms with van der Waals surface area (Å²) in [5, 5.41) is 5.84. The van der Waals surface area contributed by atoms with Crippen LogP contribution in [0.3, 0.4) is 0 Å². The molecule has 178 valence electrons. The van der Waals surface area contributed by atoms with E-state index in [-0.39, 0.29) is 5.91 Å². The zero-order chi connectivity index (χ0) is 24.4. The van der Waals surface area contributed by atoms with Gasteiger partial charge in [-0.05, 0) is 68.1 Å². The lowest BCUT2D eigenvalue weighted by molar-refractivity contribution is 0.0734. The summed E-state index contributed by atoms with van der Waals surface area (Å²) in [6, 6.07) is 24.2. The second kappa shape index (κ2) is 10.1. The van der Waals surface area contributed by atoms with Gasteiger partial charge < -0.3 is 9.64 Å². The van der Waals surface area contributed by atoms with Gasteiger partial charge in [0.15, 0.2) is 0 Å². The molecule has 0 bridgehead atoms. The lowest BCUT2D eigenvalue weighted by atomic mass is 10.1. The van der Waals surface area contributed by atoms with Crippen molar-refractivity contribution >= 4 is 29.1 Å². The summed E-state index contributed by atoms with van der Waals surface area (Å²) in [6.07, 6.45) is 2.25. The molecule has 0 N–H and O–H groups in total. The first-order valence-corrected chi connectivity index (χ1v) is 12.4. The highest BCUT2D eigenvalue weighted by Crippen LogP contribution is 2.35. The van der Waals surface area contributed by atoms with Gasteiger partial charge in [0.05, 0.1) is 34.1 Å². The van der Waals surface area contributed by atoms with E-state index >= 15 is 0 Å². The third-order valence-electron chi connectivity index (χ3n) is 6.06. The van der Waals surface area contributed by atoms with Crippen LogP contribution in [-0.2, 0) is 6.54 Å². The van der Waals surface area contributed by atoms with Gasteiger partial charge in [-0.15, -0.1) is 0 Å². The molecule has 0 atom stereocenters. The molecule has 1 aliphatic rings. The van der Waals surface area contributed by atoms with Gasteiger partial charge in [-0.1, -0.05) is 59.6 Å². The molecule has 3 aromatic carbocycles. The van der Waals surface area contributed by atoms with Crippen molar-refractivity contribution in [2.45, 2.75) is 26.3 Å². The third-order valence-corrected chi connectivity index (χ3v) is 6.63. The molecule has 35 heavy (non-hydrogen) atoms. The molecule has 0 aliphatic heterocycles. The molecule has 1 fully saturated rings. The zero-order valence-electron chi connectivity index (χ0n) is 19.3. The van der Waals surface area contributed by atoms with Crippen molar-refractivity contribution in [3.63, 3.8) is 0 Å². The van der Waals surface area contributed by atoms with Crippen molar-refractivity contribution in [2.75, 3.05) is 6.54 Å². The number of carbonyl (C=O) groups excluding carboxylic acids is 1. The number of aryl methyl sites for hydroxylation is 1. The van der Waals surface area contributed by atoms with E-state index in [9.17, 15) is 4.79 Å². The van der Waals surface area contributed by atoms with E-state index in [1.165, 1.54) is 0 Å². The molecule has 1 amide bonds. The highest BCUT2D eigenvalue weighted by Gasteiger charge is 2.30. The number of carbonyl (C=O) groups is 1. The Labute approximate surface area is 214 Å². The molecular weight excluding hydrogens is 481 g/mol. The van der Waals surface area contributed by atoms with Gasteiger partial charge in [0.1, 0.15) is 5.75 Å². The summed E-state index contributed by atoms with van der Waals surface area (Å²) in [5.74, 6) is 1.65. The smallest absolute Gasteiger partial charge is 0.255 e. The molecule has 5 rings (SSSR count). The fraction of sp³-hybridized carbons (Fsp3) is 0.214. The van der Waals surface area contributed by atoms with Crippen LogP contribution in [0.5, 0.6) is 11.6 Å². The number of para-hydroxylation sites is 1. The summed E-state index contributed by atoms with van der Waals surface area (Å²) in [5.41, 5.74) is 2.91. The number of aromatic nitrogens is 2. The Morgan fingerprint density at radius 1 is 1.03 bits per heavy atom. The molecule has 0 unspecified atom stereocenters. The Bertz CT molecular complexity index is 1350. The molecule has 0 radical (unpaired) electrons. The maximum absolute atomic E-state index is 13.6. The monoisotopic (exact) mass is 505 g/mol. The van der Waals surface area contributed by atoms with E-state index < -0.39 is 0 Å². The Morgan fingerprint density at radius 2 is 1.77 bits per heavy atom. The van der Waals surface area contributed by atoms with Gasteiger partial charge in [0.2, 0.25) is 5.88 Å². The highest BCUT2D eigenvalue weighted by molar-refractivity contribution is 6.33. The fourth-order valence-corrected chi connectivity index (χ4v) is 4.44. The first kappa shape index (κ1) is 23.5. The summed E-state index contributed by atoms with van der Waals surface area (Å²) >= 11 is 12.7. The summed E-state index contributed by atoms with van der Waals surface area (Å²) < 4.78 is 8.13. The molecule has 4 aromatic rings. The van der Waals surface area contributed by atoms with Crippen molar-refractivity contribution in [2.24, 2.45) is 5.92 Å². The Hall–Kier alpha value is -3.28. The van der Waals surface area contributed by atoms with Crippen LogP contribution in [0.1, 0.15) is 34.5 Å². The van der Waals surface area contributed by atoms with Crippen LogP contribution in [-0.4, -0.2) is 27.1 Å². The minimum atomic E-state index is -0.0944. The molecule has 0 saturated heterocycles. The molecule has 1 saturated carbocycles. The van der Waals surface area contributed by atoms with Gasteiger partial charge in [0.25, 0.3) is 5.91 Å². The first-order valence-electron chi connectivity index (χ1n) is 11.6. The summed E-state index contributed by atoms with van der Waals surface area (Å²) in [6.45, 7) is 2.95. The number of ether oxygens (including phenoxy) is 1. The molecule has 0 spiro atoms. The van der Waals surface area contributed by atoms with E-state index in [0.29, 0.717) is 46.2 Å². The Kier molecular flexibility index (Phi) is 6.80. The van der Waals surface area contributed by atoms with Crippen LogP contribution in [0.25, 0.3) is 5.69 Å². The molecular formula is C28H25Cl2N3O2. The fourth-order valence-electron chi connectivity index (χ4n) is 4.04. The lowest BCUT2D eigenvalue weighted by Crippen LogP contribution is -2.33. The van der Waals surface area contributed by atoms with E-state index in [1.807, 2.05) is 78.6 Å². The quantitative estimate of drug-likeness (QED) is 0.251. The van der Waals surface area contributed by atoms with E-state index in [4.69, 9.17) is 33.0 Å². The lowest BCUT2D eigenvalue weighted by Gasteiger charge is -2.24. The van der Waals surface area contributed by atoms with Crippen LogP contribution >= 0.6 is 23.2 Å². The Morgan fingerprint density at radius 3 is 2.49 bits per heavy atom. The standard InChI is InChI=1S/C28H25Cl2N3O2/c1-19-25(18-32(17-20-14-15-20)27(34)24-12-5-6-13-26(24)30)28(35-23-10-3-2-4-11-23)33(31-19)22-9-7-8-21(29)16-22/h2-13,16,20H,14-15,17-18H2,1H3. The van der Waals surface area contributed by atoms with Crippen molar-refractivity contribution in [3.8, 4) is 17.3 Å². The minimum absolute atomic E-state index is 0.0944. The number of benzene rings is 3. The second-order valence-electron chi connectivity index (χ2n) is 8.78. The van der Waals surface area contributed by atoms with Crippen LogP contribution < -0.4 is 4.74 Å². The van der Waals surface area contributed by atoms with Crippen molar-refractivity contribution in [3.05, 3.63) is 106 Å². The molecule has 1 aromatic heterocycles. The number of hydrogen-bond donors (Lipinski definition) is 0. The minimum Gasteiger partial charge on any atom is -0.439 e. The number of nitrogens with zero attached hydrogens (tertiary/aromatic N) is 3. The normalized spacial score (nSPS) is 13.0. The second-order valence-corrected chi connectivity index (χ2v) is 9.63. The van der Waals surface area contributed by atoms with Crippen molar-refractivity contribution < 1.29 is 9.53 Å². The largest absolute Gasteiger partial charge is 0.439 e. The van der Waals surface area contributed by atoms with Crippen molar-refractivity contribution in [1.82, 2.24) is 14.7 Å². The highest BCUT2D eigenvalue weighted by atomic mass is 35.5. The van der Waals surface area contributed by atoms with Gasteiger partial charge in [-0.25, -0.2) is 4.68 Å². The van der Waals surface area contributed by atoms with Gasteiger partial charge in [0, 0.05) is 11.6 Å². The topological polar surface area (TPSA) is 47.4 Å². The van der Waals surface area contributed by atoms with Crippen LogP contribution in [0.4, 0.5) is 0 Å². The molecule has 7 heteroatoms. The summed E-state index contributed by atoms with van der Waals surface area (Å²) in [7, 11) is 0. The predicted octanol–water partition coefficient (Wildman–Crippen LogP) is 7.33.